The molecule has 1 amide bonds. The topological polar surface area (TPSA) is 69.0 Å². The molecule has 5 rings (SSSR count). The molecule has 0 N–H and O–H groups in total. The lowest BCUT2D eigenvalue weighted by Gasteiger charge is -2.35. The maximum atomic E-state index is 13.0. The predicted octanol–water partition coefficient (Wildman–Crippen LogP) is 2.91. The van der Waals surface area contributed by atoms with Crippen molar-refractivity contribution in [2.24, 2.45) is 11.8 Å². The number of piperidine rings is 1. The van der Waals surface area contributed by atoms with E-state index in [0.29, 0.717) is 25.0 Å². The van der Waals surface area contributed by atoms with Gasteiger partial charge in [0.25, 0.3) is 0 Å². The Hall–Kier alpha value is -3.09. The second-order valence-electron chi connectivity index (χ2n) is 8.26. The highest BCUT2D eigenvalue weighted by molar-refractivity contribution is 5.80. The number of ether oxygens (including phenoxy) is 2. The molecule has 30 heavy (non-hydrogen) atoms. The molecule has 0 radical (unpaired) electrons. The van der Waals surface area contributed by atoms with Crippen molar-refractivity contribution in [2.45, 2.75) is 26.2 Å². The summed E-state index contributed by atoms with van der Waals surface area (Å²) in [7, 11) is 0. The molecule has 156 valence electrons. The van der Waals surface area contributed by atoms with E-state index in [0.717, 1.165) is 55.0 Å². The van der Waals surface area contributed by atoms with Crippen LogP contribution in [0.5, 0.6) is 11.6 Å². The number of benzene rings is 1. The van der Waals surface area contributed by atoms with E-state index in [-0.39, 0.29) is 11.8 Å². The van der Waals surface area contributed by atoms with Crippen LogP contribution in [0.3, 0.4) is 0 Å². The molecule has 0 saturated carbocycles. The van der Waals surface area contributed by atoms with E-state index in [1.165, 1.54) is 0 Å². The van der Waals surface area contributed by atoms with Crippen molar-refractivity contribution in [1.82, 2.24) is 19.5 Å². The van der Waals surface area contributed by atoms with Gasteiger partial charge in [-0.05, 0) is 49.8 Å². The van der Waals surface area contributed by atoms with Crippen molar-refractivity contribution in [1.29, 1.82) is 0 Å². The van der Waals surface area contributed by atoms with Gasteiger partial charge in [-0.15, -0.1) is 5.10 Å². The standard InChI is InChI=1S/C23H26N4O3/c1-16-13-27-21(24-16)6-7-22(25-27)30-14-17-8-10-26(11-9-17)23(28)19-12-18-4-2-3-5-20(18)29-15-19/h2-7,13,17,19H,8-12,14-15H2,1H3. The number of rotatable bonds is 4. The molecular weight excluding hydrogens is 380 g/mol. The third kappa shape index (κ3) is 3.84. The number of carbonyl (C=O) groups excluding carboxylic acids is 1. The second kappa shape index (κ2) is 7.97. The van der Waals surface area contributed by atoms with Gasteiger partial charge in [0.2, 0.25) is 11.8 Å². The van der Waals surface area contributed by atoms with Gasteiger partial charge in [-0.25, -0.2) is 9.50 Å². The molecule has 0 bridgehead atoms. The number of para-hydroxylation sites is 1. The average molecular weight is 406 g/mol. The number of hydrogen-bond donors (Lipinski definition) is 0. The summed E-state index contributed by atoms with van der Waals surface area (Å²) in [4.78, 5) is 19.3. The summed E-state index contributed by atoms with van der Waals surface area (Å²) in [5.74, 6) is 2.08. The lowest BCUT2D eigenvalue weighted by atomic mass is 9.93. The van der Waals surface area contributed by atoms with Crippen LogP contribution >= 0.6 is 0 Å². The highest BCUT2D eigenvalue weighted by atomic mass is 16.5. The first-order valence-electron chi connectivity index (χ1n) is 10.6. The SMILES string of the molecule is Cc1cn2nc(OCC3CCN(C(=O)C4COc5ccccc5C4)CC3)ccc2n1. The van der Waals surface area contributed by atoms with Crippen molar-refractivity contribution in [2.75, 3.05) is 26.3 Å². The number of imidazole rings is 1. The Morgan fingerprint density at radius 2 is 2.03 bits per heavy atom. The van der Waals surface area contributed by atoms with Crippen LogP contribution in [0.4, 0.5) is 0 Å². The Morgan fingerprint density at radius 3 is 2.90 bits per heavy atom. The monoisotopic (exact) mass is 406 g/mol. The molecule has 2 aliphatic rings. The zero-order valence-corrected chi connectivity index (χ0v) is 17.2. The number of fused-ring (bicyclic) bond motifs is 2. The molecular formula is C23H26N4O3. The number of aromatic nitrogens is 3. The first-order valence-corrected chi connectivity index (χ1v) is 10.6. The zero-order valence-electron chi connectivity index (χ0n) is 17.2. The lowest BCUT2D eigenvalue weighted by molar-refractivity contribution is -0.138. The Bertz CT molecular complexity index is 1060. The van der Waals surface area contributed by atoms with Gasteiger partial charge in [0, 0.05) is 19.2 Å². The molecule has 1 atom stereocenters. The van der Waals surface area contributed by atoms with Crippen LogP contribution in [0, 0.1) is 18.8 Å². The highest BCUT2D eigenvalue weighted by Crippen LogP contribution is 2.29. The molecule has 0 spiro atoms. The molecule has 1 unspecified atom stereocenters. The van der Waals surface area contributed by atoms with Gasteiger partial charge >= 0.3 is 0 Å². The van der Waals surface area contributed by atoms with Crippen LogP contribution in [0.1, 0.15) is 24.1 Å². The maximum Gasteiger partial charge on any atom is 0.231 e. The fourth-order valence-corrected chi connectivity index (χ4v) is 4.33. The first kappa shape index (κ1) is 18.9. The van der Waals surface area contributed by atoms with Crippen molar-refractivity contribution in [3.05, 3.63) is 53.9 Å². The minimum Gasteiger partial charge on any atom is -0.492 e. The number of likely N-dealkylation sites (tertiary alicyclic amines) is 1. The quantitative estimate of drug-likeness (QED) is 0.666. The van der Waals surface area contributed by atoms with Crippen molar-refractivity contribution in [3.8, 4) is 11.6 Å². The van der Waals surface area contributed by atoms with E-state index in [9.17, 15) is 4.79 Å². The maximum absolute atomic E-state index is 13.0. The fourth-order valence-electron chi connectivity index (χ4n) is 4.33. The lowest BCUT2D eigenvalue weighted by Crippen LogP contribution is -2.45. The van der Waals surface area contributed by atoms with Crippen molar-refractivity contribution in [3.63, 3.8) is 0 Å². The third-order valence-corrected chi connectivity index (χ3v) is 6.04. The number of hydrogen-bond acceptors (Lipinski definition) is 5. The van der Waals surface area contributed by atoms with Gasteiger partial charge in [-0.3, -0.25) is 4.79 Å². The Balaban J connectivity index is 1.12. The Kier molecular flexibility index (Phi) is 5.02. The number of aryl methyl sites for hydroxylation is 1. The molecule has 3 aromatic rings. The summed E-state index contributed by atoms with van der Waals surface area (Å²) in [6.45, 7) is 4.59. The summed E-state index contributed by atoms with van der Waals surface area (Å²) in [6, 6.07) is 11.8. The van der Waals surface area contributed by atoms with Crippen LogP contribution in [-0.4, -0.2) is 51.7 Å². The van der Waals surface area contributed by atoms with E-state index in [4.69, 9.17) is 9.47 Å². The average Bonchev–Trinajstić information content (AvgIpc) is 3.16. The summed E-state index contributed by atoms with van der Waals surface area (Å²) in [6.07, 6.45) is 4.55. The third-order valence-electron chi connectivity index (χ3n) is 6.04. The number of nitrogens with zero attached hydrogens (tertiary/aromatic N) is 4. The van der Waals surface area contributed by atoms with Crippen LogP contribution in [0.25, 0.3) is 5.65 Å². The van der Waals surface area contributed by atoms with E-state index in [1.807, 2.05) is 48.4 Å². The largest absolute Gasteiger partial charge is 0.492 e. The first-order chi connectivity index (χ1) is 14.7. The summed E-state index contributed by atoms with van der Waals surface area (Å²) in [5.41, 5.74) is 2.88. The van der Waals surface area contributed by atoms with E-state index < -0.39 is 0 Å². The van der Waals surface area contributed by atoms with Crippen molar-refractivity contribution < 1.29 is 14.3 Å². The minimum absolute atomic E-state index is 0.0812. The fraction of sp³-hybridized carbons (Fsp3) is 0.435. The number of amides is 1. The normalized spacial score (nSPS) is 19.4. The molecule has 7 nitrogen and oxygen atoms in total. The van der Waals surface area contributed by atoms with Crippen LogP contribution in [0.2, 0.25) is 0 Å². The molecule has 2 aromatic heterocycles. The number of carbonyl (C=O) groups is 1. The van der Waals surface area contributed by atoms with Gasteiger partial charge in [0.15, 0.2) is 5.65 Å². The molecule has 2 aliphatic heterocycles. The van der Waals surface area contributed by atoms with E-state index in [2.05, 4.69) is 16.1 Å². The highest BCUT2D eigenvalue weighted by Gasteiger charge is 2.31. The van der Waals surface area contributed by atoms with Crippen LogP contribution in [0.15, 0.2) is 42.6 Å². The molecule has 1 aromatic carbocycles. The molecule has 4 heterocycles. The van der Waals surface area contributed by atoms with E-state index >= 15 is 0 Å². The Morgan fingerprint density at radius 1 is 1.20 bits per heavy atom. The molecule has 7 heteroatoms. The summed E-state index contributed by atoms with van der Waals surface area (Å²) < 4.78 is 13.5. The minimum atomic E-state index is -0.0812. The van der Waals surface area contributed by atoms with Crippen LogP contribution in [-0.2, 0) is 11.2 Å². The molecule has 1 fully saturated rings. The van der Waals surface area contributed by atoms with Crippen molar-refractivity contribution >= 4 is 11.6 Å². The molecule has 1 saturated heterocycles. The van der Waals surface area contributed by atoms with Gasteiger partial charge in [-0.2, -0.15) is 0 Å². The van der Waals surface area contributed by atoms with Gasteiger partial charge in [0.1, 0.15) is 12.4 Å². The molecule has 0 aliphatic carbocycles. The summed E-state index contributed by atoms with van der Waals surface area (Å²) >= 11 is 0. The second-order valence-corrected chi connectivity index (χ2v) is 8.26. The summed E-state index contributed by atoms with van der Waals surface area (Å²) in [5, 5.41) is 4.46. The van der Waals surface area contributed by atoms with Crippen LogP contribution < -0.4 is 9.47 Å². The zero-order chi connectivity index (χ0) is 20.5. The van der Waals surface area contributed by atoms with Gasteiger partial charge in [-0.1, -0.05) is 18.2 Å². The Labute approximate surface area is 175 Å². The predicted molar refractivity (Wildman–Crippen MR) is 112 cm³/mol. The van der Waals surface area contributed by atoms with Gasteiger partial charge < -0.3 is 14.4 Å². The van der Waals surface area contributed by atoms with Gasteiger partial charge in [0.05, 0.1) is 24.4 Å². The van der Waals surface area contributed by atoms with E-state index in [1.54, 1.807) is 4.52 Å². The smallest absolute Gasteiger partial charge is 0.231 e.